The SMILES string of the molecule is C=CCC1(CC=C)C(=O)N(CCC)N(CCC)C1=O. The molecule has 0 N–H and O–H groups in total. The predicted octanol–water partition coefficient (Wildman–Crippen LogP) is 2.53. The molecule has 0 aromatic rings. The summed E-state index contributed by atoms with van der Waals surface area (Å²) in [5, 5.41) is 3.22. The molecule has 0 aromatic heterocycles. The standard InChI is InChI=1S/C15H24N2O2/c1-5-9-15(10-6-2)13(18)16(11-7-3)17(12-8-4)14(15)19/h5-6H,1-2,7-12H2,3-4H3. The number of carbonyl (C=O) groups excluding carboxylic acids is 2. The van der Waals surface area contributed by atoms with Gasteiger partial charge in [-0.3, -0.25) is 19.6 Å². The highest BCUT2D eigenvalue weighted by molar-refractivity contribution is 6.10. The van der Waals surface area contributed by atoms with E-state index < -0.39 is 5.41 Å². The van der Waals surface area contributed by atoms with Crippen molar-refractivity contribution in [2.75, 3.05) is 13.1 Å². The van der Waals surface area contributed by atoms with Crippen molar-refractivity contribution in [1.82, 2.24) is 10.0 Å². The highest BCUT2D eigenvalue weighted by atomic mass is 16.2. The van der Waals surface area contributed by atoms with Crippen LogP contribution in [0.25, 0.3) is 0 Å². The van der Waals surface area contributed by atoms with E-state index in [0.29, 0.717) is 25.9 Å². The summed E-state index contributed by atoms with van der Waals surface area (Å²) in [4.78, 5) is 25.3. The molecule has 1 aliphatic rings. The number of amides is 2. The Morgan fingerprint density at radius 2 is 1.32 bits per heavy atom. The van der Waals surface area contributed by atoms with Gasteiger partial charge in [0.25, 0.3) is 11.8 Å². The molecule has 0 aromatic carbocycles. The van der Waals surface area contributed by atoms with Crippen LogP contribution in [-0.2, 0) is 9.59 Å². The van der Waals surface area contributed by atoms with Crippen LogP contribution in [0.2, 0.25) is 0 Å². The van der Waals surface area contributed by atoms with Crippen molar-refractivity contribution in [3.8, 4) is 0 Å². The summed E-state index contributed by atoms with van der Waals surface area (Å²) in [5.74, 6) is -0.208. The fraction of sp³-hybridized carbons (Fsp3) is 0.600. The Balaban J connectivity index is 3.17. The zero-order valence-electron chi connectivity index (χ0n) is 12.0. The van der Waals surface area contributed by atoms with Crippen molar-refractivity contribution < 1.29 is 9.59 Å². The molecule has 106 valence electrons. The Labute approximate surface area is 115 Å². The van der Waals surface area contributed by atoms with Crippen molar-refractivity contribution in [3.05, 3.63) is 25.3 Å². The molecule has 0 bridgehead atoms. The summed E-state index contributed by atoms with van der Waals surface area (Å²) < 4.78 is 0. The molecule has 0 unspecified atom stereocenters. The second-order valence-electron chi connectivity index (χ2n) is 4.92. The zero-order valence-corrected chi connectivity index (χ0v) is 12.0. The van der Waals surface area contributed by atoms with E-state index in [1.165, 1.54) is 0 Å². The molecule has 4 heteroatoms. The third-order valence-electron chi connectivity index (χ3n) is 3.44. The first-order valence-electron chi connectivity index (χ1n) is 6.94. The van der Waals surface area contributed by atoms with E-state index in [9.17, 15) is 9.59 Å². The number of hydrogen-bond donors (Lipinski definition) is 0. The van der Waals surface area contributed by atoms with E-state index in [-0.39, 0.29) is 11.8 Å². The maximum Gasteiger partial charge on any atom is 0.257 e. The maximum atomic E-state index is 12.7. The third-order valence-corrected chi connectivity index (χ3v) is 3.44. The Morgan fingerprint density at radius 1 is 0.947 bits per heavy atom. The van der Waals surface area contributed by atoms with Gasteiger partial charge in [-0.05, 0) is 25.7 Å². The zero-order chi connectivity index (χ0) is 14.5. The second-order valence-corrected chi connectivity index (χ2v) is 4.92. The van der Waals surface area contributed by atoms with Crippen LogP contribution in [0.3, 0.4) is 0 Å². The van der Waals surface area contributed by atoms with Crippen LogP contribution in [-0.4, -0.2) is 34.9 Å². The summed E-state index contributed by atoms with van der Waals surface area (Å²) in [5.41, 5.74) is -1.01. The molecule has 1 saturated heterocycles. The first kappa shape index (κ1) is 15.5. The molecule has 0 atom stereocenters. The van der Waals surface area contributed by atoms with E-state index in [4.69, 9.17) is 0 Å². The molecule has 19 heavy (non-hydrogen) atoms. The minimum absolute atomic E-state index is 0.104. The fourth-order valence-electron chi connectivity index (χ4n) is 2.60. The smallest absolute Gasteiger partial charge is 0.257 e. The quantitative estimate of drug-likeness (QED) is 0.499. The molecule has 0 saturated carbocycles. The maximum absolute atomic E-state index is 12.7. The van der Waals surface area contributed by atoms with Gasteiger partial charge in [0.05, 0.1) is 0 Å². The van der Waals surface area contributed by atoms with Gasteiger partial charge in [0.2, 0.25) is 0 Å². The molecule has 1 fully saturated rings. The average Bonchev–Trinajstić information content (AvgIpc) is 2.56. The van der Waals surface area contributed by atoms with Gasteiger partial charge in [0.1, 0.15) is 5.41 Å². The Kier molecular flexibility index (Phi) is 5.33. The number of nitrogens with zero attached hydrogens (tertiary/aromatic N) is 2. The minimum atomic E-state index is -1.01. The van der Waals surface area contributed by atoms with Crippen LogP contribution in [0.15, 0.2) is 25.3 Å². The molecule has 0 aliphatic carbocycles. The van der Waals surface area contributed by atoms with Crippen molar-refractivity contribution in [3.63, 3.8) is 0 Å². The molecule has 0 radical (unpaired) electrons. The highest BCUT2D eigenvalue weighted by Crippen LogP contribution is 2.39. The molecule has 1 aliphatic heterocycles. The van der Waals surface area contributed by atoms with Crippen molar-refractivity contribution in [2.24, 2.45) is 5.41 Å². The average molecular weight is 264 g/mol. The lowest BCUT2D eigenvalue weighted by atomic mass is 9.80. The van der Waals surface area contributed by atoms with E-state index in [0.717, 1.165) is 12.8 Å². The van der Waals surface area contributed by atoms with Crippen LogP contribution in [0.5, 0.6) is 0 Å². The molecule has 1 heterocycles. The molecule has 4 nitrogen and oxygen atoms in total. The lowest BCUT2D eigenvalue weighted by Crippen LogP contribution is -2.41. The number of allylic oxidation sites excluding steroid dienone is 2. The molecular weight excluding hydrogens is 240 g/mol. The number of rotatable bonds is 8. The Bertz CT molecular complexity index is 340. The van der Waals surface area contributed by atoms with Crippen LogP contribution in [0.4, 0.5) is 0 Å². The largest absolute Gasteiger partial charge is 0.272 e. The number of hydrogen-bond acceptors (Lipinski definition) is 2. The highest BCUT2D eigenvalue weighted by Gasteiger charge is 2.56. The van der Waals surface area contributed by atoms with Crippen molar-refractivity contribution >= 4 is 11.8 Å². The van der Waals surface area contributed by atoms with E-state index in [2.05, 4.69) is 13.2 Å². The van der Waals surface area contributed by atoms with Crippen LogP contribution in [0, 0.1) is 5.41 Å². The van der Waals surface area contributed by atoms with Crippen molar-refractivity contribution in [1.29, 1.82) is 0 Å². The first-order chi connectivity index (χ1) is 9.08. The second kappa shape index (κ2) is 6.55. The minimum Gasteiger partial charge on any atom is -0.272 e. The first-order valence-corrected chi connectivity index (χ1v) is 6.94. The Hall–Kier alpha value is -1.58. The number of hydrazine groups is 1. The Morgan fingerprint density at radius 3 is 1.58 bits per heavy atom. The third kappa shape index (κ3) is 2.57. The van der Waals surface area contributed by atoms with E-state index in [1.54, 1.807) is 22.2 Å². The summed E-state index contributed by atoms with van der Waals surface area (Å²) in [7, 11) is 0. The van der Waals surface area contributed by atoms with Gasteiger partial charge in [0, 0.05) is 13.1 Å². The summed E-state index contributed by atoms with van der Waals surface area (Å²) in [6, 6.07) is 0. The fourth-order valence-corrected chi connectivity index (χ4v) is 2.60. The van der Waals surface area contributed by atoms with E-state index >= 15 is 0 Å². The van der Waals surface area contributed by atoms with Gasteiger partial charge in [-0.2, -0.15) is 0 Å². The van der Waals surface area contributed by atoms with Crippen LogP contribution < -0.4 is 0 Å². The lowest BCUT2D eigenvalue weighted by Gasteiger charge is -2.26. The van der Waals surface area contributed by atoms with Gasteiger partial charge in [-0.1, -0.05) is 26.0 Å². The van der Waals surface area contributed by atoms with Crippen LogP contribution in [0.1, 0.15) is 39.5 Å². The van der Waals surface area contributed by atoms with Crippen LogP contribution >= 0.6 is 0 Å². The van der Waals surface area contributed by atoms with Gasteiger partial charge in [-0.25, -0.2) is 0 Å². The normalized spacial score (nSPS) is 18.0. The topological polar surface area (TPSA) is 40.6 Å². The van der Waals surface area contributed by atoms with Gasteiger partial charge in [-0.15, -0.1) is 13.2 Å². The summed E-state index contributed by atoms with van der Waals surface area (Å²) >= 11 is 0. The lowest BCUT2D eigenvalue weighted by molar-refractivity contribution is -0.146. The van der Waals surface area contributed by atoms with E-state index in [1.807, 2.05) is 13.8 Å². The number of carbonyl (C=O) groups is 2. The van der Waals surface area contributed by atoms with Gasteiger partial charge >= 0.3 is 0 Å². The molecular formula is C15H24N2O2. The predicted molar refractivity (Wildman–Crippen MR) is 76.1 cm³/mol. The summed E-state index contributed by atoms with van der Waals surface area (Å²) in [6.45, 7) is 12.5. The monoisotopic (exact) mass is 264 g/mol. The molecule has 1 rings (SSSR count). The molecule has 0 spiro atoms. The van der Waals surface area contributed by atoms with Gasteiger partial charge < -0.3 is 0 Å². The van der Waals surface area contributed by atoms with Gasteiger partial charge in [0.15, 0.2) is 0 Å². The summed E-state index contributed by atoms with van der Waals surface area (Å²) in [6.07, 6.45) is 5.71. The van der Waals surface area contributed by atoms with Crippen molar-refractivity contribution in [2.45, 2.75) is 39.5 Å². The molecule has 2 amide bonds.